The number of aromatic carboxylic acids is 1. The minimum atomic E-state index is -1.22. The van der Waals surface area contributed by atoms with E-state index in [0.29, 0.717) is 11.3 Å². The normalized spacial score (nSPS) is 10.8. The molecule has 0 N–H and O–H groups in total. The standard InChI is InChI=1S/C24H18O5/c1-15-21(28-14-16-7-9-18(10-8-16)24(26)27)12-11-19-20(13-22(25)29-23(15)19)17-5-3-2-4-6-17/h2-13H,14H2,1H3,(H,26,27)/p-1. The van der Waals surface area contributed by atoms with Crippen LogP contribution >= 0.6 is 0 Å². The number of aryl methyl sites for hydroxylation is 1. The summed E-state index contributed by atoms with van der Waals surface area (Å²) in [6.45, 7) is 2.09. The summed E-state index contributed by atoms with van der Waals surface area (Å²) in [6, 6.07) is 21.2. The van der Waals surface area contributed by atoms with E-state index in [9.17, 15) is 14.7 Å². The average Bonchev–Trinajstić information content (AvgIpc) is 2.74. The van der Waals surface area contributed by atoms with Gasteiger partial charge in [0.05, 0.1) is 5.97 Å². The van der Waals surface area contributed by atoms with Crippen molar-refractivity contribution in [2.45, 2.75) is 13.5 Å². The third-order valence-corrected chi connectivity index (χ3v) is 4.78. The van der Waals surface area contributed by atoms with E-state index in [1.54, 1.807) is 12.1 Å². The number of carbonyl (C=O) groups is 1. The number of carboxylic acids is 1. The van der Waals surface area contributed by atoms with Crippen LogP contribution in [0.1, 0.15) is 21.5 Å². The molecule has 5 heteroatoms. The topological polar surface area (TPSA) is 79.6 Å². The maximum absolute atomic E-state index is 12.1. The first-order valence-corrected chi connectivity index (χ1v) is 9.09. The fraction of sp³-hybridized carbons (Fsp3) is 0.0833. The smallest absolute Gasteiger partial charge is 0.336 e. The molecule has 0 fully saturated rings. The Morgan fingerprint density at radius 3 is 2.41 bits per heavy atom. The molecule has 0 aliphatic rings. The van der Waals surface area contributed by atoms with Crippen molar-refractivity contribution in [2.75, 3.05) is 0 Å². The van der Waals surface area contributed by atoms with Crippen molar-refractivity contribution in [3.8, 4) is 16.9 Å². The number of hydrogen-bond donors (Lipinski definition) is 0. The fourth-order valence-electron chi connectivity index (χ4n) is 3.25. The highest BCUT2D eigenvalue weighted by molar-refractivity contribution is 5.95. The lowest BCUT2D eigenvalue weighted by atomic mass is 10.0. The summed E-state index contributed by atoms with van der Waals surface area (Å²) in [5.41, 5.74) is 3.47. The van der Waals surface area contributed by atoms with Gasteiger partial charge < -0.3 is 19.1 Å². The SMILES string of the molecule is Cc1c(OCc2ccc(C(=O)[O-])cc2)ccc2c(-c3ccccc3)cc(=O)oc12. The second kappa shape index (κ2) is 7.64. The molecule has 4 rings (SSSR count). The first-order valence-electron chi connectivity index (χ1n) is 9.09. The van der Waals surface area contributed by atoms with E-state index in [1.165, 1.54) is 18.2 Å². The van der Waals surface area contributed by atoms with Crippen LogP contribution in [0.5, 0.6) is 5.75 Å². The molecule has 0 unspecified atom stereocenters. The van der Waals surface area contributed by atoms with Crippen molar-refractivity contribution >= 4 is 16.9 Å². The van der Waals surface area contributed by atoms with Gasteiger partial charge in [0.25, 0.3) is 0 Å². The molecule has 0 aliphatic heterocycles. The number of carboxylic acid groups (broad SMARTS) is 1. The average molecular weight is 385 g/mol. The van der Waals surface area contributed by atoms with E-state index >= 15 is 0 Å². The van der Waals surface area contributed by atoms with Crippen molar-refractivity contribution in [1.29, 1.82) is 0 Å². The Kier molecular flexibility index (Phi) is 4.87. The predicted octanol–water partition coefficient (Wildman–Crippen LogP) is 3.71. The number of hydrogen-bond acceptors (Lipinski definition) is 5. The Balaban J connectivity index is 1.67. The molecule has 1 heterocycles. The van der Waals surface area contributed by atoms with Crippen LogP contribution in [0.25, 0.3) is 22.1 Å². The number of carbonyl (C=O) groups excluding carboxylic acids is 1. The molecule has 1 aromatic heterocycles. The van der Waals surface area contributed by atoms with E-state index in [4.69, 9.17) is 9.15 Å². The van der Waals surface area contributed by atoms with Crippen molar-refractivity contribution in [3.05, 3.63) is 99.9 Å². The van der Waals surface area contributed by atoms with Gasteiger partial charge in [0.1, 0.15) is 17.9 Å². The lowest BCUT2D eigenvalue weighted by Crippen LogP contribution is -2.22. The van der Waals surface area contributed by atoms with Gasteiger partial charge in [-0.3, -0.25) is 0 Å². The molecule has 144 valence electrons. The van der Waals surface area contributed by atoms with Gasteiger partial charge in [-0.2, -0.15) is 0 Å². The van der Waals surface area contributed by atoms with Gasteiger partial charge >= 0.3 is 5.63 Å². The molecule has 5 nitrogen and oxygen atoms in total. The van der Waals surface area contributed by atoms with Gasteiger partial charge in [-0.1, -0.05) is 54.6 Å². The van der Waals surface area contributed by atoms with Crippen LogP contribution in [0.15, 0.2) is 82.0 Å². The molecule has 0 amide bonds. The molecule has 3 aromatic carbocycles. The second-order valence-corrected chi connectivity index (χ2v) is 6.68. The van der Waals surface area contributed by atoms with Crippen LogP contribution in [0.4, 0.5) is 0 Å². The predicted molar refractivity (Wildman–Crippen MR) is 108 cm³/mol. The van der Waals surface area contributed by atoms with Crippen molar-refractivity contribution in [3.63, 3.8) is 0 Å². The lowest BCUT2D eigenvalue weighted by molar-refractivity contribution is -0.255. The molecule has 0 bridgehead atoms. The van der Waals surface area contributed by atoms with Gasteiger partial charge in [-0.05, 0) is 41.3 Å². The van der Waals surface area contributed by atoms with Crippen molar-refractivity contribution in [2.24, 2.45) is 0 Å². The zero-order valence-corrected chi connectivity index (χ0v) is 15.7. The largest absolute Gasteiger partial charge is 0.545 e. The van der Waals surface area contributed by atoms with Gasteiger partial charge in [0.15, 0.2) is 0 Å². The third kappa shape index (κ3) is 3.75. The van der Waals surface area contributed by atoms with Crippen LogP contribution in [0, 0.1) is 6.92 Å². The third-order valence-electron chi connectivity index (χ3n) is 4.78. The monoisotopic (exact) mass is 385 g/mol. The minimum absolute atomic E-state index is 0.117. The summed E-state index contributed by atoms with van der Waals surface area (Å²) in [6.07, 6.45) is 0. The van der Waals surface area contributed by atoms with Crippen LogP contribution < -0.4 is 15.5 Å². The molecular formula is C24H17O5-. The second-order valence-electron chi connectivity index (χ2n) is 6.68. The molecule has 0 saturated heterocycles. The van der Waals surface area contributed by atoms with E-state index in [0.717, 1.165) is 27.6 Å². The molecule has 0 saturated carbocycles. The molecule has 0 radical (unpaired) electrons. The van der Waals surface area contributed by atoms with E-state index < -0.39 is 11.6 Å². The molecular weight excluding hydrogens is 368 g/mol. The van der Waals surface area contributed by atoms with Gasteiger partial charge in [-0.25, -0.2) is 4.79 Å². The molecule has 0 spiro atoms. The van der Waals surface area contributed by atoms with Crippen LogP contribution in [0.2, 0.25) is 0 Å². The number of rotatable bonds is 5. The maximum Gasteiger partial charge on any atom is 0.336 e. The highest BCUT2D eigenvalue weighted by Crippen LogP contribution is 2.33. The summed E-state index contributed by atoms with van der Waals surface area (Å²) in [4.78, 5) is 23.0. The Morgan fingerprint density at radius 2 is 1.72 bits per heavy atom. The van der Waals surface area contributed by atoms with Crippen LogP contribution in [0.3, 0.4) is 0 Å². The van der Waals surface area contributed by atoms with E-state index in [1.807, 2.05) is 49.4 Å². The van der Waals surface area contributed by atoms with Crippen LogP contribution in [-0.4, -0.2) is 5.97 Å². The van der Waals surface area contributed by atoms with Gasteiger partial charge in [-0.15, -0.1) is 0 Å². The Labute approximate surface area is 166 Å². The number of ether oxygens (including phenoxy) is 1. The van der Waals surface area contributed by atoms with E-state index in [2.05, 4.69) is 0 Å². The van der Waals surface area contributed by atoms with Gasteiger partial charge in [0.2, 0.25) is 0 Å². The summed E-state index contributed by atoms with van der Waals surface area (Å²) in [5, 5.41) is 11.7. The summed E-state index contributed by atoms with van der Waals surface area (Å²) >= 11 is 0. The lowest BCUT2D eigenvalue weighted by Gasteiger charge is -2.13. The summed E-state index contributed by atoms with van der Waals surface area (Å²) in [5.74, 6) is -0.623. The van der Waals surface area contributed by atoms with Gasteiger partial charge in [0, 0.05) is 17.0 Å². The van der Waals surface area contributed by atoms with Crippen molar-refractivity contribution < 1.29 is 19.1 Å². The number of fused-ring (bicyclic) bond motifs is 1. The first kappa shape index (κ1) is 18.5. The molecule has 0 atom stereocenters. The summed E-state index contributed by atoms with van der Waals surface area (Å²) in [7, 11) is 0. The summed E-state index contributed by atoms with van der Waals surface area (Å²) < 4.78 is 11.4. The van der Waals surface area contributed by atoms with Crippen LogP contribution in [-0.2, 0) is 6.61 Å². The molecule has 0 aliphatic carbocycles. The molecule has 4 aromatic rings. The Bertz CT molecular complexity index is 1240. The minimum Gasteiger partial charge on any atom is -0.545 e. The highest BCUT2D eigenvalue weighted by atomic mass is 16.5. The highest BCUT2D eigenvalue weighted by Gasteiger charge is 2.13. The Morgan fingerprint density at radius 1 is 1.00 bits per heavy atom. The first-order chi connectivity index (χ1) is 14.0. The fourth-order valence-corrected chi connectivity index (χ4v) is 3.25. The Hall–Kier alpha value is -3.86. The maximum atomic E-state index is 12.1. The zero-order valence-electron chi connectivity index (χ0n) is 15.7. The quantitative estimate of drug-likeness (QED) is 0.489. The van der Waals surface area contributed by atoms with Crippen molar-refractivity contribution in [1.82, 2.24) is 0 Å². The zero-order chi connectivity index (χ0) is 20.4. The number of benzene rings is 3. The van der Waals surface area contributed by atoms with E-state index in [-0.39, 0.29) is 12.2 Å². The molecule has 29 heavy (non-hydrogen) atoms.